The number of carbonyl (C=O) groups excluding carboxylic acids is 1. The molecule has 1 amide bonds. The van der Waals surface area contributed by atoms with Gasteiger partial charge in [0.15, 0.2) is 0 Å². The number of amides is 1. The zero-order valence-corrected chi connectivity index (χ0v) is 16.0. The van der Waals surface area contributed by atoms with E-state index in [0.29, 0.717) is 17.7 Å². The molecule has 1 aliphatic carbocycles. The number of hydrogen-bond donors (Lipinski definition) is 2. The van der Waals surface area contributed by atoms with Crippen LogP contribution in [0, 0.1) is 0 Å². The Morgan fingerprint density at radius 3 is 2.30 bits per heavy atom. The van der Waals surface area contributed by atoms with Gasteiger partial charge in [0.2, 0.25) is 0 Å². The molecular weight excluding hydrogens is 364 g/mol. The van der Waals surface area contributed by atoms with Crippen LogP contribution < -0.4 is 9.62 Å². The molecule has 1 aliphatic rings. The van der Waals surface area contributed by atoms with Crippen LogP contribution in [0.5, 0.6) is 0 Å². The van der Waals surface area contributed by atoms with Crippen LogP contribution in [0.1, 0.15) is 36.0 Å². The largest absolute Gasteiger partial charge is 0.391 e. The molecular formula is C20H24N2O4S. The molecule has 0 saturated heterocycles. The van der Waals surface area contributed by atoms with Gasteiger partial charge in [-0.2, -0.15) is 0 Å². The van der Waals surface area contributed by atoms with Gasteiger partial charge in [0.05, 0.1) is 22.7 Å². The van der Waals surface area contributed by atoms with Crippen molar-refractivity contribution in [3.8, 4) is 0 Å². The quantitative estimate of drug-likeness (QED) is 0.824. The van der Waals surface area contributed by atoms with Crippen molar-refractivity contribution in [1.29, 1.82) is 0 Å². The van der Waals surface area contributed by atoms with Gasteiger partial charge >= 0.3 is 0 Å². The summed E-state index contributed by atoms with van der Waals surface area (Å²) in [6.07, 6.45) is 2.92. The van der Waals surface area contributed by atoms with Gasteiger partial charge in [-0.3, -0.25) is 9.10 Å². The number of nitrogens with one attached hydrogen (secondary N) is 1. The van der Waals surface area contributed by atoms with Crippen molar-refractivity contribution in [2.45, 2.75) is 42.7 Å². The molecule has 2 N–H and O–H groups in total. The number of aliphatic hydroxyl groups excluding tert-OH is 1. The van der Waals surface area contributed by atoms with E-state index in [0.717, 1.165) is 19.3 Å². The van der Waals surface area contributed by atoms with Crippen molar-refractivity contribution in [3.63, 3.8) is 0 Å². The lowest BCUT2D eigenvalue weighted by Gasteiger charge is -2.28. The Morgan fingerprint density at radius 1 is 1.04 bits per heavy atom. The molecule has 2 aromatic carbocycles. The highest BCUT2D eigenvalue weighted by Crippen LogP contribution is 2.23. The second-order valence-electron chi connectivity index (χ2n) is 6.76. The summed E-state index contributed by atoms with van der Waals surface area (Å²) in [6.45, 7) is 0. The molecule has 144 valence electrons. The Kier molecular flexibility index (Phi) is 5.82. The number of hydrogen-bond acceptors (Lipinski definition) is 4. The van der Waals surface area contributed by atoms with E-state index in [1.165, 1.54) is 11.4 Å². The number of anilines is 1. The molecule has 3 rings (SSSR count). The Hall–Kier alpha value is -2.38. The molecule has 0 heterocycles. The van der Waals surface area contributed by atoms with Crippen LogP contribution >= 0.6 is 0 Å². The van der Waals surface area contributed by atoms with Crippen LogP contribution in [-0.2, 0) is 10.0 Å². The van der Waals surface area contributed by atoms with Crippen molar-refractivity contribution in [2.75, 3.05) is 11.4 Å². The highest BCUT2D eigenvalue weighted by Gasteiger charge is 2.25. The highest BCUT2D eigenvalue weighted by atomic mass is 32.2. The van der Waals surface area contributed by atoms with E-state index in [1.54, 1.807) is 54.6 Å². The third-order valence-electron chi connectivity index (χ3n) is 4.94. The van der Waals surface area contributed by atoms with Crippen LogP contribution in [0.15, 0.2) is 59.5 Å². The number of rotatable bonds is 5. The summed E-state index contributed by atoms with van der Waals surface area (Å²) in [4.78, 5) is 12.6. The summed E-state index contributed by atoms with van der Waals surface area (Å²) >= 11 is 0. The lowest BCUT2D eigenvalue weighted by Crippen LogP contribution is -2.45. The van der Waals surface area contributed by atoms with E-state index in [-0.39, 0.29) is 16.8 Å². The van der Waals surface area contributed by atoms with E-state index in [4.69, 9.17) is 0 Å². The van der Waals surface area contributed by atoms with E-state index in [9.17, 15) is 18.3 Å². The highest BCUT2D eigenvalue weighted by molar-refractivity contribution is 7.92. The number of benzene rings is 2. The van der Waals surface area contributed by atoms with Crippen molar-refractivity contribution in [3.05, 3.63) is 60.2 Å². The van der Waals surface area contributed by atoms with E-state index < -0.39 is 16.1 Å². The third kappa shape index (κ3) is 4.31. The first-order valence-corrected chi connectivity index (χ1v) is 10.5. The Bertz CT molecular complexity index is 882. The third-order valence-corrected chi connectivity index (χ3v) is 6.74. The zero-order valence-electron chi connectivity index (χ0n) is 15.2. The van der Waals surface area contributed by atoms with Gasteiger partial charge in [-0.1, -0.05) is 31.0 Å². The molecule has 0 aliphatic heterocycles. The Balaban J connectivity index is 1.72. The minimum absolute atomic E-state index is 0.209. The average Bonchev–Trinajstić information content (AvgIpc) is 2.70. The number of nitrogens with zero attached hydrogens (tertiary/aromatic N) is 1. The van der Waals surface area contributed by atoms with Gasteiger partial charge in [0.25, 0.3) is 15.9 Å². The fourth-order valence-electron chi connectivity index (χ4n) is 3.24. The maximum absolute atomic E-state index is 12.7. The first-order valence-electron chi connectivity index (χ1n) is 9.02. The SMILES string of the molecule is CN(c1ccc(C(=O)N[C@@H]2CCCC[C@H]2O)cc1)S(=O)(=O)c1ccccc1. The zero-order chi connectivity index (χ0) is 19.4. The van der Waals surface area contributed by atoms with Crippen molar-refractivity contribution < 1.29 is 18.3 Å². The molecule has 6 nitrogen and oxygen atoms in total. The summed E-state index contributed by atoms with van der Waals surface area (Å²) in [5.41, 5.74) is 0.898. The van der Waals surface area contributed by atoms with Gasteiger partial charge < -0.3 is 10.4 Å². The van der Waals surface area contributed by atoms with E-state index in [1.807, 2.05) is 0 Å². The minimum Gasteiger partial charge on any atom is -0.391 e. The molecule has 27 heavy (non-hydrogen) atoms. The maximum atomic E-state index is 12.7. The second kappa shape index (κ2) is 8.10. The van der Waals surface area contributed by atoms with Gasteiger partial charge in [-0.25, -0.2) is 8.42 Å². The summed E-state index contributed by atoms with van der Waals surface area (Å²) in [5, 5.41) is 12.9. The molecule has 0 radical (unpaired) electrons. The average molecular weight is 388 g/mol. The van der Waals surface area contributed by atoms with Crippen molar-refractivity contribution in [2.24, 2.45) is 0 Å². The normalized spacial score (nSPS) is 20.1. The molecule has 1 saturated carbocycles. The number of carbonyl (C=O) groups is 1. The summed E-state index contributed by atoms with van der Waals surface area (Å²) < 4.78 is 26.5. The fourth-order valence-corrected chi connectivity index (χ4v) is 4.46. The topological polar surface area (TPSA) is 86.7 Å². The summed E-state index contributed by atoms with van der Waals surface area (Å²) in [6, 6.07) is 14.4. The molecule has 0 spiro atoms. The molecule has 0 aromatic heterocycles. The first kappa shape index (κ1) is 19.4. The summed E-state index contributed by atoms with van der Waals surface area (Å²) in [5.74, 6) is -0.263. The molecule has 0 bridgehead atoms. The molecule has 1 fully saturated rings. The van der Waals surface area contributed by atoms with Crippen molar-refractivity contribution >= 4 is 21.6 Å². The molecule has 7 heteroatoms. The molecule has 2 atom stereocenters. The van der Waals surface area contributed by atoms with Gasteiger partial charge in [-0.05, 0) is 49.2 Å². The molecule has 2 aromatic rings. The monoisotopic (exact) mass is 388 g/mol. The van der Waals surface area contributed by atoms with E-state index in [2.05, 4.69) is 5.32 Å². The Labute approximate surface area is 159 Å². The van der Waals surface area contributed by atoms with Gasteiger partial charge in [-0.15, -0.1) is 0 Å². The van der Waals surface area contributed by atoms with Crippen LogP contribution in [0.2, 0.25) is 0 Å². The Morgan fingerprint density at radius 2 is 1.67 bits per heavy atom. The van der Waals surface area contributed by atoms with Crippen molar-refractivity contribution in [1.82, 2.24) is 5.32 Å². The van der Waals surface area contributed by atoms with E-state index >= 15 is 0 Å². The predicted octanol–water partition coefficient (Wildman–Crippen LogP) is 2.55. The van der Waals surface area contributed by atoms with Crippen LogP contribution in [0.25, 0.3) is 0 Å². The standard InChI is InChI=1S/C20H24N2O4S/c1-22(27(25,26)17-7-3-2-4-8-17)16-13-11-15(12-14-16)20(24)21-18-9-5-6-10-19(18)23/h2-4,7-8,11-14,18-19,23H,5-6,9-10H2,1H3,(H,21,24)/t18-,19-/m1/s1. The number of sulfonamides is 1. The smallest absolute Gasteiger partial charge is 0.264 e. The summed E-state index contributed by atoms with van der Waals surface area (Å²) in [7, 11) is -2.17. The lowest BCUT2D eigenvalue weighted by molar-refractivity contribution is 0.0717. The minimum atomic E-state index is -3.66. The second-order valence-corrected chi connectivity index (χ2v) is 8.73. The maximum Gasteiger partial charge on any atom is 0.264 e. The first-order chi connectivity index (χ1) is 12.9. The lowest BCUT2D eigenvalue weighted by atomic mass is 9.92. The number of aliphatic hydroxyl groups is 1. The van der Waals surface area contributed by atoms with Crippen LogP contribution in [0.3, 0.4) is 0 Å². The van der Waals surface area contributed by atoms with Crippen LogP contribution in [-0.4, -0.2) is 38.6 Å². The van der Waals surface area contributed by atoms with Gasteiger partial charge in [0, 0.05) is 12.6 Å². The fraction of sp³-hybridized carbons (Fsp3) is 0.350. The van der Waals surface area contributed by atoms with Crippen LogP contribution in [0.4, 0.5) is 5.69 Å². The predicted molar refractivity (Wildman–Crippen MR) is 104 cm³/mol. The van der Waals surface area contributed by atoms with Gasteiger partial charge in [0.1, 0.15) is 0 Å². The molecule has 0 unspecified atom stereocenters.